The van der Waals surface area contributed by atoms with Gasteiger partial charge in [-0.25, -0.2) is 0 Å². The van der Waals surface area contributed by atoms with Crippen LogP contribution in [0.3, 0.4) is 0 Å². The fraction of sp³-hybridized carbons (Fsp3) is 0.360. The second-order valence-electron chi connectivity index (χ2n) is 9.00. The number of nitro benzene ring substituents is 1. The Morgan fingerprint density at radius 2 is 1.68 bits per heavy atom. The number of carbonyl (C=O) groups excluding carboxylic acids is 2. The van der Waals surface area contributed by atoms with Crippen LogP contribution >= 0.6 is 0 Å². The normalized spacial score (nSPS) is 17.9. The zero-order chi connectivity index (χ0) is 25.0. The number of nitrogens with zero attached hydrogens (tertiary/aromatic N) is 2. The summed E-state index contributed by atoms with van der Waals surface area (Å²) in [6.07, 6.45) is 0. The maximum atomic E-state index is 13.0. The molecule has 1 heterocycles. The number of likely N-dealkylation sites (tertiary alicyclic amines) is 1. The summed E-state index contributed by atoms with van der Waals surface area (Å²) >= 11 is 0. The number of ketones is 1. The third kappa shape index (κ3) is 5.16. The van der Waals surface area contributed by atoms with Crippen LogP contribution in [0.1, 0.15) is 43.5 Å². The zero-order valence-electron chi connectivity index (χ0n) is 19.4. The number of rotatable bonds is 8. The van der Waals surface area contributed by atoms with E-state index in [0.717, 1.165) is 5.56 Å². The predicted molar refractivity (Wildman–Crippen MR) is 125 cm³/mol. The standard InChI is InChI=1S/C25H28N2O7/c1-25(2,3)18-8-4-16(5-9-18)21-20(22(29)17-6-10-19(11-7-17)27(32)33)23(30)24(31)26(21)12-14-34-15-13-28/h4-11,21,28-29H,12-15H2,1-3H3/b22-20+/t21-/m1/s1. The van der Waals surface area contributed by atoms with Crippen molar-refractivity contribution in [2.45, 2.75) is 32.2 Å². The number of hydrogen-bond donors (Lipinski definition) is 2. The van der Waals surface area contributed by atoms with Gasteiger partial charge in [0, 0.05) is 24.2 Å². The fourth-order valence-corrected chi connectivity index (χ4v) is 3.85. The lowest BCUT2D eigenvalue weighted by Gasteiger charge is -2.26. The summed E-state index contributed by atoms with van der Waals surface area (Å²) < 4.78 is 5.29. The molecule has 3 rings (SSSR count). The van der Waals surface area contributed by atoms with E-state index < -0.39 is 28.4 Å². The molecule has 1 fully saturated rings. The highest BCUT2D eigenvalue weighted by Gasteiger charge is 2.46. The molecule has 0 spiro atoms. The van der Waals surface area contributed by atoms with Crippen LogP contribution in [-0.2, 0) is 19.7 Å². The highest BCUT2D eigenvalue weighted by Crippen LogP contribution is 2.40. The first-order valence-electron chi connectivity index (χ1n) is 10.9. The minimum absolute atomic E-state index is 0.0767. The summed E-state index contributed by atoms with van der Waals surface area (Å²) in [7, 11) is 0. The molecule has 1 amide bonds. The average molecular weight is 469 g/mol. The second kappa shape index (κ2) is 10.1. The summed E-state index contributed by atoms with van der Waals surface area (Å²) in [5.74, 6) is -2.03. The Balaban J connectivity index is 2.07. The van der Waals surface area contributed by atoms with Gasteiger partial charge in [0.1, 0.15) is 5.76 Å². The van der Waals surface area contributed by atoms with Gasteiger partial charge in [-0.15, -0.1) is 0 Å². The number of Topliss-reactive ketones (excluding diaryl/α,β-unsaturated/α-hetero) is 1. The number of aliphatic hydroxyl groups is 2. The molecule has 0 radical (unpaired) electrons. The van der Waals surface area contributed by atoms with E-state index in [9.17, 15) is 24.8 Å². The predicted octanol–water partition coefficient (Wildman–Crippen LogP) is 3.32. The maximum absolute atomic E-state index is 13.0. The quantitative estimate of drug-likeness (QED) is 0.152. The summed E-state index contributed by atoms with van der Waals surface area (Å²) in [6, 6.07) is 11.7. The molecule has 0 saturated carbocycles. The Morgan fingerprint density at radius 3 is 2.21 bits per heavy atom. The van der Waals surface area contributed by atoms with Gasteiger partial charge in [-0.3, -0.25) is 19.7 Å². The van der Waals surface area contributed by atoms with Gasteiger partial charge in [0.05, 0.1) is 36.4 Å². The molecule has 180 valence electrons. The lowest BCUT2D eigenvalue weighted by molar-refractivity contribution is -0.384. The molecule has 1 aliphatic heterocycles. The van der Waals surface area contributed by atoms with Gasteiger partial charge in [0.15, 0.2) is 0 Å². The van der Waals surface area contributed by atoms with Gasteiger partial charge < -0.3 is 19.8 Å². The highest BCUT2D eigenvalue weighted by molar-refractivity contribution is 6.46. The molecule has 0 aromatic heterocycles. The van der Waals surface area contributed by atoms with E-state index in [0.29, 0.717) is 5.56 Å². The number of carbonyl (C=O) groups is 2. The molecule has 2 aromatic carbocycles. The van der Waals surface area contributed by atoms with Crippen molar-refractivity contribution in [2.24, 2.45) is 0 Å². The molecule has 34 heavy (non-hydrogen) atoms. The Labute approximate surface area is 197 Å². The molecule has 2 aromatic rings. The lowest BCUT2D eigenvalue weighted by Crippen LogP contribution is -2.33. The van der Waals surface area contributed by atoms with Gasteiger partial charge >= 0.3 is 0 Å². The number of aliphatic hydroxyl groups excluding tert-OH is 2. The van der Waals surface area contributed by atoms with Crippen molar-refractivity contribution in [1.29, 1.82) is 0 Å². The highest BCUT2D eigenvalue weighted by atomic mass is 16.6. The summed E-state index contributed by atoms with van der Waals surface area (Å²) in [5, 5.41) is 30.9. The van der Waals surface area contributed by atoms with Gasteiger partial charge in [0.25, 0.3) is 17.4 Å². The Kier molecular flexibility index (Phi) is 7.48. The van der Waals surface area contributed by atoms with Crippen LogP contribution in [0, 0.1) is 10.1 Å². The summed E-state index contributed by atoms with van der Waals surface area (Å²) in [4.78, 5) is 37.6. The van der Waals surface area contributed by atoms with E-state index in [4.69, 9.17) is 9.84 Å². The minimum Gasteiger partial charge on any atom is -0.507 e. The van der Waals surface area contributed by atoms with Crippen molar-refractivity contribution < 1.29 is 29.5 Å². The molecule has 9 nitrogen and oxygen atoms in total. The molecule has 1 atom stereocenters. The average Bonchev–Trinajstić information content (AvgIpc) is 3.06. The van der Waals surface area contributed by atoms with Crippen LogP contribution in [-0.4, -0.2) is 58.1 Å². The van der Waals surface area contributed by atoms with Gasteiger partial charge in [-0.2, -0.15) is 0 Å². The van der Waals surface area contributed by atoms with Crippen molar-refractivity contribution in [3.05, 3.63) is 80.9 Å². The molecular formula is C25H28N2O7. The minimum atomic E-state index is -0.859. The largest absolute Gasteiger partial charge is 0.507 e. The van der Waals surface area contributed by atoms with Crippen LogP contribution in [0.5, 0.6) is 0 Å². The number of ether oxygens (including phenoxy) is 1. The van der Waals surface area contributed by atoms with Crippen molar-refractivity contribution in [1.82, 2.24) is 4.90 Å². The lowest BCUT2D eigenvalue weighted by atomic mass is 9.85. The third-order valence-corrected chi connectivity index (χ3v) is 5.70. The van der Waals surface area contributed by atoms with Crippen molar-refractivity contribution >= 4 is 23.1 Å². The number of benzene rings is 2. The smallest absolute Gasteiger partial charge is 0.295 e. The van der Waals surface area contributed by atoms with E-state index in [2.05, 4.69) is 20.8 Å². The Morgan fingerprint density at radius 1 is 1.06 bits per heavy atom. The van der Waals surface area contributed by atoms with Crippen LogP contribution in [0.2, 0.25) is 0 Å². The first-order chi connectivity index (χ1) is 16.1. The van der Waals surface area contributed by atoms with E-state index in [1.54, 1.807) is 0 Å². The zero-order valence-corrected chi connectivity index (χ0v) is 19.4. The number of hydrogen-bond acceptors (Lipinski definition) is 7. The van der Waals surface area contributed by atoms with Crippen LogP contribution in [0.15, 0.2) is 54.1 Å². The first kappa shape index (κ1) is 25.1. The number of non-ortho nitro benzene ring substituents is 1. The van der Waals surface area contributed by atoms with Crippen LogP contribution < -0.4 is 0 Å². The topological polar surface area (TPSA) is 130 Å². The van der Waals surface area contributed by atoms with E-state index >= 15 is 0 Å². The molecule has 0 unspecified atom stereocenters. The SMILES string of the molecule is CC(C)(C)c1ccc([C@@H]2/C(=C(\O)c3ccc([N+](=O)[O-])cc3)C(=O)C(=O)N2CCOCCO)cc1. The van der Waals surface area contributed by atoms with Crippen LogP contribution in [0.4, 0.5) is 5.69 Å². The molecule has 0 bridgehead atoms. The van der Waals surface area contributed by atoms with Crippen molar-refractivity contribution in [3.8, 4) is 0 Å². The van der Waals surface area contributed by atoms with Gasteiger partial charge in [-0.1, -0.05) is 45.0 Å². The second-order valence-corrected chi connectivity index (χ2v) is 9.00. The fourth-order valence-electron chi connectivity index (χ4n) is 3.85. The van der Waals surface area contributed by atoms with Gasteiger partial charge in [0.2, 0.25) is 0 Å². The van der Waals surface area contributed by atoms with E-state index in [1.165, 1.54) is 29.2 Å². The maximum Gasteiger partial charge on any atom is 0.295 e. The molecule has 1 aliphatic rings. The van der Waals surface area contributed by atoms with Gasteiger partial charge in [-0.05, 0) is 28.7 Å². The monoisotopic (exact) mass is 468 g/mol. The number of nitro groups is 1. The molecular weight excluding hydrogens is 440 g/mol. The number of amides is 1. The Hall–Kier alpha value is -3.56. The van der Waals surface area contributed by atoms with E-state index in [-0.39, 0.29) is 48.6 Å². The molecule has 1 saturated heterocycles. The third-order valence-electron chi connectivity index (χ3n) is 5.70. The van der Waals surface area contributed by atoms with Crippen LogP contribution in [0.25, 0.3) is 5.76 Å². The summed E-state index contributed by atoms with van der Waals surface area (Å²) in [6.45, 7) is 6.31. The van der Waals surface area contributed by atoms with Crippen molar-refractivity contribution in [2.75, 3.05) is 26.4 Å². The summed E-state index contributed by atoms with van der Waals surface area (Å²) in [5.41, 5.74) is 1.54. The Bertz CT molecular complexity index is 1100. The molecule has 2 N–H and O–H groups in total. The first-order valence-corrected chi connectivity index (χ1v) is 10.9. The molecule has 0 aliphatic carbocycles. The van der Waals surface area contributed by atoms with Crippen molar-refractivity contribution in [3.63, 3.8) is 0 Å². The van der Waals surface area contributed by atoms with E-state index in [1.807, 2.05) is 24.3 Å². The molecule has 9 heteroatoms.